The van der Waals surface area contributed by atoms with E-state index < -0.39 is 32.2 Å². The van der Waals surface area contributed by atoms with Crippen LogP contribution in [0.15, 0.2) is 89.8 Å². The van der Waals surface area contributed by atoms with Crippen molar-refractivity contribution in [1.29, 1.82) is 0 Å². The van der Waals surface area contributed by atoms with Crippen LogP contribution >= 0.6 is 11.6 Å². The number of hydroxylamine groups is 1. The Kier molecular flexibility index (Phi) is 11.7. The van der Waals surface area contributed by atoms with Gasteiger partial charge in [-0.3, -0.25) is 19.6 Å². The fourth-order valence-electron chi connectivity index (χ4n) is 4.41. The van der Waals surface area contributed by atoms with Crippen LogP contribution in [0.4, 0.5) is 0 Å². The van der Waals surface area contributed by atoms with Crippen molar-refractivity contribution in [2.24, 2.45) is 5.41 Å². The van der Waals surface area contributed by atoms with Gasteiger partial charge in [0.1, 0.15) is 12.4 Å². The Bertz CT molecular complexity index is 1530. The van der Waals surface area contributed by atoms with Crippen molar-refractivity contribution in [2.75, 3.05) is 25.4 Å². The van der Waals surface area contributed by atoms with Crippen LogP contribution in [0.3, 0.4) is 0 Å². The number of rotatable bonds is 8. The van der Waals surface area contributed by atoms with E-state index in [1.807, 2.05) is 12.1 Å². The molecule has 1 aliphatic rings. The molecule has 0 unspecified atom stereocenters. The van der Waals surface area contributed by atoms with E-state index in [1.54, 1.807) is 65.8 Å². The molecule has 1 saturated heterocycles. The van der Waals surface area contributed by atoms with Crippen molar-refractivity contribution < 1.29 is 32.7 Å². The average molecular weight is 611 g/mol. The number of ether oxygens (including phenoxy) is 1. The number of sulfone groups is 1. The van der Waals surface area contributed by atoms with Gasteiger partial charge >= 0.3 is 0 Å². The molecule has 1 heterocycles. The molecule has 1 fully saturated rings. The minimum Gasteiger partial charge on any atom is -0.481 e. The zero-order chi connectivity index (χ0) is 30.6. The Hall–Kier alpha value is -4.17. The molecule has 3 aromatic carbocycles. The Morgan fingerprint density at radius 2 is 1.48 bits per heavy atom. The summed E-state index contributed by atoms with van der Waals surface area (Å²) < 4.78 is 31.7. The van der Waals surface area contributed by atoms with Gasteiger partial charge in [0.2, 0.25) is 0 Å². The summed E-state index contributed by atoms with van der Waals surface area (Å²) in [6, 6.07) is 23.4. The van der Waals surface area contributed by atoms with E-state index in [-0.39, 0.29) is 43.3 Å². The number of piperidine rings is 1. The molecular weight excluding hydrogens is 580 g/mol. The molecule has 220 valence electrons. The number of amides is 2. The van der Waals surface area contributed by atoms with E-state index >= 15 is 0 Å². The lowest BCUT2D eigenvalue weighted by atomic mass is 9.79. The van der Waals surface area contributed by atoms with E-state index in [4.69, 9.17) is 16.3 Å². The first-order valence-electron chi connectivity index (χ1n) is 13.0. The van der Waals surface area contributed by atoms with E-state index in [9.17, 15) is 28.0 Å². The average Bonchev–Trinajstić information content (AvgIpc) is 3.02. The van der Waals surface area contributed by atoms with Gasteiger partial charge < -0.3 is 9.64 Å². The number of carbonyl (C=O) groups excluding carboxylic acids is 3. The molecule has 0 atom stereocenters. The second kappa shape index (κ2) is 15.2. The first-order chi connectivity index (χ1) is 20.1. The van der Waals surface area contributed by atoms with Gasteiger partial charge in [-0.05, 0) is 67.8 Å². The van der Waals surface area contributed by atoms with Crippen molar-refractivity contribution in [1.82, 2.24) is 10.4 Å². The Labute approximate surface area is 250 Å². The molecule has 0 radical (unpaired) electrons. The maximum atomic E-state index is 13.1. The number of benzene rings is 3. The lowest BCUT2D eigenvalue weighted by Gasteiger charge is -2.39. The van der Waals surface area contributed by atoms with Crippen molar-refractivity contribution in [2.45, 2.75) is 24.7 Å². The summed E-state index contributed by atoms with van der Waals surface area (Å²) in [7, 11) is -3.86. The van der Waals surface area contributed by atoms with Crippen LogP contribution in [0.25, 0.3) is 0 Å². The highest BCUT2D eigenvalue weighted by Crippen LogP contribution is 2.36. The van der Waals surface area contributed by atoms with E-state index in [2.05, 4.69) is 11.8 Å². The molecule has 2 N–H and O–H groups in total. The Morgan fingerprint density at radius 1 is 0.929 bits per heavy atom. The number of carbonyl (C=O) groups is 3. The molecule has 4 rings (SSSR count). The second-order valence-electron chi connectivity index (χ2n) is 9.47. The van der Waals surface area contributed by atoms with Crippen LogP contribution in [0.1, 0.15) is 40.5 Å². The standard InChI is InChI=1S/C24H26N2O6S.C7H5ClO/c1-2-3-17-32-20-9-11-21(12-10-20)33(30,31)18-24(23(28)25-29)13-15-26(16-14-24)22(27)19-7-5-4-6-8-19;8-7(9)6-4-2-1-3-5-6/h4-12,29H,13-18H2,1H3,(H,25,28);1-5H. The van der Waals surface area contributed by atoms with E-state index in [0.29, 0.717) is 16.9 Å². The summed E-state index contributed by atoms with van der Waals surface area (Å²) in [5.41, 5.74) is 1.33. The van der Waals surface area contributed by atoms with Crippen LogP contribution in [-0.4, -0.2) is 61.0 Å². The van der Waals surface area contributed by atoms with Crippen LogP contribution < -0.4 is 10.2 Å². The highest BCUT2D eigenvalue weighted by molar-refractivity contribution is 7.91. The topological polar surface area (TPSA) is 130 Å². The molecule has 3 aromatic rings. The summed E-state index contributed by atoms with van der Waals surface area (Å²) in [5.74, 6) is 4.51. The fraction of sp³-hybridized carbons (Fsp3) is 0.258. The van der Waals surface area contributed by atoms with Crippen molar-refractivity contribution in [3.63, 3.8) is 0 Å². The lowest BCUT2D eigenvalue weighted by molar-refractivity contribution is -0.141. The van der Waals surface area contributed by atoms with Gasteiger partial charge in [0.15, 0.2) is 9.84 Å². The van der Waals surface area contributed by atoms with E-state index in [1.165, 1.54) is 24.3 Å². The molecule has 1 aliphatic heterocycles. The SMILES string of the molecule is CC#CCOc1ccc(S(=O)(=O)CC2(C(=O)NO)CCN(C(=O)c3ccccc3)CC2)cc1.O=C(Cl)c1ccccc1. The van der Waals surface area contributed by atoms with E-state index in [0.717, 1.165) is 0 Å². The second-order valence-corrected chi connectivity index (χ2v) is 11.8. The number of nitrogens with zero attached hydrogens (tertiary/aromatic N) is 1. The quantitative estimate of drug-likeness (QED) is 0.168. The number of halogens is 1. The normalized spacial score (nSPS) is 13.8. The molecule has 0 aromatic heterocycles. The largest absolute Gasteiger partial charge is 0.481 e. The smallest absolute Gasteiger partial charge is 0.253 e. The van der Waals surface area contributed by atoms with Gasteiger partial charge in [0, 0.05) is 24.2 Å². The molecule has 0 spiro atoms. The number of hydrogen-bond acceptors (Lipinski definition) is 7. The Balaban J connectivity index is 0.000000458. The van der Waals surface area contributed by atoms with Crippen LogP contribution in [-0.2, 0) is 14.6 Å². The Morgan fingerprint density at radius 3 is 1.95 bits per heavy atom. The van der Waals surface area contributed by atoms with Crippen LogP contribution in [0, 0.1) is 17.3 Å². The first-order valence-corrected chi connectivity index (χ1v) is 15.0. The molecule has 2 amide bonds. The van der Waals surface area contributed by atoms with Crippen molar-refractivity contribution in [3.8, 4) is 17.6 Å². The van der Waals surface area contributed by atoms with Crippen LogP contribution in [0.5, 0.6) is 5.75 Å². The van der Waals surface area contributed by atoms with Gasteiger partial charge in [-0.25, -0.2) is 13.9 Å². The summed E-state index contributed by atoms with van der Waals surface area (Å²) in [4.78, 5) is 37.4. The summed E-state index contributed by atoms with van der Waals surface area (Å²) in [6.07, 6.45) is 0.210. The first kappa shape index (κ1) is 32.3. The number of likely N-dealkylation sites (tertiary alicyclic amines) is 1. The van der Waals surface area contributed by atoms with Gasteiger partial charge in [-0.15, -0.1) is 5.92 Å². The highest BCUT2D eigenvalue weighted by Gasteiger charge is 2.46. The maximum absolute atomic E-state index is 13.1. The predicted octanol–water partition coefficient (Wildman–Crippen LogP) is 4.36. The summed E-state index contributed by atoms with van der Waals surface area (Å²) in [6.45, 7) is 2.28. The minimum atomic E-state index is -3.86. The summed E-state index contributed by atoms with van der Waals surface area (Å²) >= 11 is 5.16. The predicted molar refractivity (Wildman–Crippen MR) is 158 cm³/mol. The van der Waals surface area contributed by atoms with Gasteiger partial charge in [0.25, 0.3) is 17.1 Å². The van der Waals surface area contributed by atoms with Gasteiger partial charge in [-0.2, -0.15) is 0 Å². The third-order valence-corrected chi connectivity index (χ3v) is 8.89. The molecule has 0 saturated carbocycles. The number of hydrogen-bond donors (Lipinski definition) is 2. The maximum Gasteiger partial charge on any atom is 0.253 e. The number of nitrogens with one attached hydrogen (secondary N) is 1. The summed E-state index contributed by atoms with van der Waals surface area (Å²) in [5, 5.41) is 8.90. The van der Waals surface area contributed by atoms with Crippen molar-refractivity contribution >= 4 is 38.5 Å². The highest BCUT2D eigenvalue weighted by atomic mass is 35.5. The fourth-order valence-corrected chi connectivity index (χ4v) is 6.40. The zero-order valence-electron chi connectivity index (χ0n) is 23.0. The van der Waals surface area contributed by atoms with Gasteiger partial charge in [0.05, 0.1) is 16.1 Å². The van der Waals surface area contributed by atoms with Crippen molar-refractivity contribution in [3.05, 3.63) is 96.1 Å². The van der Waals surface area contributed by atoms with Crippen LogP contribution in [0.2, 0.25) is 0 Å². The molecule has 9 nitrogen and oxygen atoms in total. The molecule has 11 heteroatoms. The molecule has 0 aliphatic carbocycles. The monoisotopic (exact) mass is 610 g/mol. The molecule has 42 heavy (non-hydrogen) atoms. The lowest BCUT2D eigenvalue weighted by Crippen LogP contribution is -2.52. The van der Waals surface area contributed by atoms with Gasteiger partial charge in [-0.1, -0.05) is 54.5 Å². The zero-order valence-corrected chi connectivity index (χ0v) is 24.5. The minimum absolute atomic E-state index is 0.0457. The molecule has 0 bridgehead atoms. The third-order valence-electron chi connectivity index (χ3n) is 6.75. The molecular formula is C31H31ClN2O7S. The third kappa shape index (κ3) is 8.66.